The van der Waals surface area contributed by atoms with Gasteiger partial charge in [-0.15, -0.1) is 5.10 Å². The van der Waals surface area contributed by atoms with E-state index in [0.29, 0.717) is 17.6 Å². The lowest BCUT2D eigenvalue weighted by Crippen LogP contribution is -2.35. The molecule has 1 aromatic carbocycles. The van der Waals surface area contributed by atoms with Gasteiger partial charge in [0.1, 0.15) is 11.3 Å². The number of nitrogens with zero attached hydrogens (tertiary/aromatic N) is 5. The van der Waals surface area contributed by atoms with Crippen molar-refractivity contribution in [1.29, 1.82) is 0 Å². The zero-order valence-corrected chi connectivity index (χ0v) is 14.8. The van der Waals surface area contributed by atoms with E-state index in [1.165, 1.54) is 19.4 Å². The predicted octanol–water partition coefficient (Wildman–Crippen LogP) is 2.46. The fraction of sp³-hybridized carbons (Fsp3) is 0.500. The van der Waals surface area contributed by atoms with E-state index >= 15 is 0 Å². The summed E-state index contributed by atoms with van der Waals surface area (Å²) in [5, 5.41) is 5.60. The molecule has 0 aliphatic carbocycles. The molecule has 3 aromatic rings. The number of benzene rings is 1. The quantitative estimate of drug-likeness (QED) is 0.786. The van der Waals surface area contributed by atoms with Crippen LogP contribution in [0.5, 0.6) is 5.75 Å². The van der Waals surface area contributed by atoms with Gasteiger partial charge < -0.3 is 15.4 Å². The SMILES string of the molecule is CCCN1CCC[C@H](c2nc3c4cccc(OC)c4nc(N)n3n2)C1. The fourth-order valence-corrected chi connectivity index (χ4v) is 3.77. The molecule has 1 aliphatic rings. The van der Waals surface area contributed by atoms with Crippen LogP contribution in [0.2, 0.25) is 0 Å². The number of nitrogens with two attached hydrogens (primary N) is 1. The van der Waals surface area contributed by atoms with Crippen molar-refractivity contribution in [3.8, 4) is 5.75 Å². The number of fused-ring (bicyclic) bond motifs is 3. The number of para-hydroxylation sites is 1. The highest BCUT2D eigenvalue weighted by atomic mass is 16.5. The first-order valence-electron chi connectivity index (χ1n) is 8.92. The number of rotatable bonds is 4. The topological polar surface area (TPSA) is 81.6 Å². The summed E-state index contributed by atoms with van der Waals surface area (Å²) in [5.41, 5.74) is 7.63. The van der Waals surface area contributed by atoms with Crippen LogP contribution in [-0.4, -0.2) is 51.2 Å². The minimum absolute atomic E-state index is 0.340. The van der Waals surface area contributed by atoms with Crippen LogP contribution < -0.4 is 10.5 Å². The average molecular weight is 340 g/mol. The van der Waals surface area contributed by atoms with Crippen LogP contribution in [0.25, 0.3) is 16.6 Å². The Hall–Kier alpha value is -2.41. The molecule has 2 N–H and O–H groups in total. The molecule has 2 aromatic heterocycles. The van der Waals surface area contributed by atoms with Crippen LogP contribution in [0.1, 0.15) is 37.9 Å². The molecule has 0 radical (unpaired) electrons. The zero-order valence-electron chi connectivity index (χ0n) is 14.8. The summed E-state index contributed by atoms with van der Waals surface area (Å²) in [4.78, 5) is 11.8. The molecule has 0 saturated carbocycles. The van der Waals surface area contributed by atoms with E-state index in [4.69, 9.17) is 15.5 Å². The normalized spacial score (nSPS) is 18.9. The molecule has 7 heteroatoms. The van der Waals surface area contributed by atoms with Gasteiger partial charge in [0.05, 0.1) is 7.11 Å². The first kappa shape index (κ1) is 16.1. The zero-order chi connectivity index (χ0) is 17.4. The van der Waals surface area contributed by atoms with E-state index in [2.05, 4.69) is 21.9 Å². The summed E-state index contributed by atoms with van der Waals surface area (Å²) in [5.74, 6) is 2.25. The summed E-state index contributed by atoms with van der Waals surface area (Å²) < 4.78 is 7.08. The van der Waals surface area contributed by atoms with Gasteiger partial charge in [0.15, 0.2) is 11.5 Å². The molecule has 25 heavy (non-hydrogen) atoms. The highest BCUT2D eigenvalue weighted by molar-refractivity contribution is 5.95. The molecule has 4 rings (SSSR count). The average Bonchev–Trinajstić information content (AvgIpc) is 3.08. The van der Waals surface area contributed by atoms with Gasteiger partial charge in [-0.3, -0.25) is 0 Å². The van der Waals surface area contributed by atoms with Crippen molar-refractivity contribution < 1.29 is 4.74 Å². The van der Waals surface area contributed by atoms with Crippen LogP contribution in [0.3, 0.4) is 0 Å². The van der Waals surface area contributed by atoms with Gasteiger partial charge in [0.2, 0.25) is 5.95 Å². The van der Waals surface area contributed by atoms with Crippen molar-refractivity contribution in [3.05, 3.63) is 24.0 Å². The Kier molecular flexibility index (Phi) is 4.17. The van der Waals surface area contributed by atoms with E-state index in [1.54, 1.807) is 11.6 Å². The van der Waals surface area contributed by atoms with Gasteiger partial charge in [0.25, 0.3) is 0 Å². The maximum atomic E-state index is 6.15. The number of ether oxygens (including phenoxy) is 1. The molecule has 7 nitrogen and oxygen atoms in total. The predicted molar refractivity (Wildman–Crippen MR) is 98.0 cm³/mol. The number of likely N-dealkylation sites (tertiary alicyclic amines) is 1. The number of hydrogen-bond acceptors (Lipinski definition) is 6. The molecule has 1 saturated heterocycles. The van der Waals surface area contributed by atoms with Gasteiger partial charge in [-0.05, 0) is 44.5 Å². The Balaban J connectivity index is 1.79. The monoisotopic (exact) mass is 340 g/mol. The van der Waals surface area contributed by atoms with Gasteiger partial charge >= 0.3 is 0 Å². The highest BCUT2D eigenvalue weighted by Gasteiger charge is 2.25. The van der Waals surface area contributed by atoms with E-state index < -0.39 is 0 Å². The fourth-order valence-electron chi connectivity index (χ4n) is 3.77. The van der Waals surface area contributed by atoms with Crippen molar-refractivity contribution in [1.82, 2.24) is 24.5 Å². The summed E-state index contributed by atoms with van der Waals surface area (Å²) in [6.07, 6.45) is 3.47. The summed E-state index contributed by atoms with van der Waals surface area (Å²) in [7, 11) is 1.64. The van der Waals surface area contributed by atoms with E-state index in [0.717, 1.165) is 41.9 Å². The Labute approximate surface area is 146 Å². The molecular formula is C18H24N6O. The summed E-state index contributed by atoms with van der Waals surface area (Å²) in [6.45, 7) is 5.53. The number of anilines is 1. The number of aromatic nitrogens is 4. The lowest BCUT2D eigenvalue weighted by molar-refractivity contribution is 0.204. The number of nitrogen functional groups attached to an aromatic ring is 1. The molecular weight excluding hydrogens is 316 g/mol. The Morgan fingerprint density at radius 3 is 3.00 bits per heavy atom. The lowest BCUT2D eigenvalue weighted by atomic mass is 9.97. The van der Waals surface area contributed by atoms with Crippen molar-refractivity contribution >= 4 is 22.5 Å². The molecule has 0 unspecified atom stereocenters. The van der Waals surface area contributed by atoms with Gasteiger partial charge in [0, 0.05) is 17.8 Å². The molecule has 1 fully saturated rings. The molecule has 0 bridgehead atoms. The van der Waals surface area contributed by atoms with Crippen molar-refractivity contribution in [3.63, 3.8) is 0 Å². The van der Waals surface area contributed by atoms with E-state index in [-0.39, 0.29) is 0 Å². The van der Waals surface area contributed by atoms with Crippen LogP contribution in [0, 0.1) is 0 Å². The molecule has 1 atom stereocenters. The summed E-state index contributed by atoms with van der Waals surface area (Å²) >= 11 is 0. The van der Waals surface area contributed by atoms with Gasteiger partial charge in [-0.1, -0.05) is 13.0 Å². The van der Waals surface area contributed by atoms with Crippen molar-refractivity contribution in [2.45, 2.75) is 32.1 Å². The minimum atomic E-state index is 0.340. The second-order valence-electron chi connectivity index (χ2n) is 6.67. The second-order valence-corrected chi connectivity index (χ2v) is 6.67. The van der Waals surface area contributed by atoms with Gasteiger partial charge in [-0.25, -0.2) is 9.97 Å². The molecule has 0 amide bonds. The van der Waals surface area contributed by atoms with Crippen LogP contribution in [0.15, 0.2) is 18.2 Å². The van der Waals surface area contributed by atoms with E-state index in [9.17, 15) is 0 Å². The smallest absolute Gasteiger partial charge is 0.223 e. The lowest BCUT2D eigenvalue weighted by Gasteiger charge is -2.30. The third-order valence-corrected chi connectivity index (χ3v) is 4.94. The summed E-state index contributed by atoms with van der Waals surface area (Å²) in [6, 6.07) is 5.81. The Morgan fingerprint density at radius 1 is 1.32 bits per heavy atom. The van der Waals surface area contributed by atoms with Crippen LogP contribution >= 0.6 is 0 Å². The highest BCUT2D eigenvalue weighted by Crippen LogP contribution is 2.30. The van der Waals surface area contributed by atoms with Crippen LogP contribution in [0.4, 0.5) is 5.95 Å². The first-order chi connectivity index (χ1) is 12.2. The second kappa shape index (κ2) is 6.48. The van der Waals surface area contributed by atoms with Crippen LogP contribution in [-0.2, 0) is 0 Å². The minimum Gasteiger partial charge on any atom is -0.494 e. The van der Waals surface area contributed by atoms with Crippen molar-refractivity contribution in [2.75, 3.05) is 32.5 Å². The number of methoxy groups -OCH3 is 1. The molecule has 132 valence electrons. The first-order valence-corrected chi connectivity index (χ1v) is 8.92. The molecule has 1 aliphatic heterocycles. The molecule has 0 spiro atoms. The standard InChI is InChI=1S/C18H24N6O/c1-3-9-23-10-5-6-12(11-23)16-21-17-13-7-4-8-14(25-2)15(13)20-18(19)24(17)22-16/h4,7-8,12H,3,5-6,9-11H2,1-2H3,(H2,19,20)/t12-/m0/s1. The Morgan fingerprint density at radius 2 is 2.20 bits per heavy atom. The largest absolute Gasteiger partial charge is 0.494 e. The Bertz CT molecular complexity index is 903. The van der Waals surface area contributed by atoms with Crippen molar-refractivity contribution in [2.24, 2.45) is 0 Å². The third kappa shape index (κ3) is 2.78. The third-order valence-electron chi connectivity index (χ3n) is 4.94. The number of piperidine rings is 1. The van der Waals surface area contributed by atoms with Gasteiger partial charge in [-0.2, -0.15) is 4.52 Å². The number of hydrogen-bond donors (Lipinski definition) is 1. The maximum absolute atomic E-state index is 6.15. The molecule has 3 heterocycles. The maximum Gasteiger partial charge on any atom is 0.223 e. The van der Waals surface area contributed by atoms with E-state index in [1.807, 2.05) is 18.2 Å².